The summed E-state index contributed by atoms with van der Waals surface area (Å²) in [4.78, 5) is 66.8. The van der Waals surface area contributed by atoms with E-state index in [1.165, 1.54) is 50.0 Å². The molecule has 2 aromatic rings. The lowest BCUT2D eigenvalue weighted by atomic mass is 9.93. The molecule has 16 nitrogen and oxygen atoms in total. The second-order valence-electron chi connectivity index (χ2n) is 11.2. The molecule has 9 atom stereocenters. The Morgan fingerprint density at radius 1 is 0.841 bits per heavy atom. The molecule has 4 heterocycles. The summed E-state index contributed by atoms with van der Waals surface area (Å²) in [5.74, 6) is -0.775. The third-order valence-corrected chi connectivity index (χ3v) is 8.18. The summed E-state index contributed by atoms with van der Waals surface area (Å²) in [6.45, 7) is 5.12. The number of aromatic nitrogens is 4. The van der Waals surface area contributed by atoms with Gasteiger partial charge in [0.1, 0.15) is 18.3 Å². The highest BCUT2D eigenvalue weighted by atomic mass is 16.6. The number of carbonyl (C=O) groups is 1. The summed E-state index contributed by atoms with van der Waals surface area (Å²) in [5.41, 5.74) is -1.62. The zero-order chi connectivity index (χ0) is 32.3. The van der Waals surface area contributed by atoms with Gasteiger partial charge in [-0.05, 0) is 27.2 Å². The second-order valence-corrected chi connectivity index (χ2v) is 11.2. The van der Waals surface area contributed by atoms with Crippen LogP contribution >= 0.6 is 0 Å². The average molecular weight is 624 g/mol. The highest BCUT2D eigenvalue weighted by Crippen LogP contribution is 2.38. The summed E-state index contributed by atoms with van der Waals surface area (Å²) in [7, 11) is 5.96. The number of rotatable bonds is 12. The Hall–Kier alpha value is -3.41. The third kappa shape index (κ3) is 6.79. The maximum absolute atomic E-state index is 13.3. The van der Waals surface area contributed by atoms with Gasteiger partial charge >= 0.3 is 11.4 Å². The molecular formula is C28H41N5O11. The first-order chi connectivity index (χ1) is 20.9. The number of H-pyrrole nitrogens is 2. The fourth-order valence-corrected chi connectivity index (χ4v) is 6.03. The monoisotopic (exact) mass is 623 g/mol. The van der Waals surface area contributed by atoms with Gasteiger partial charge in [-0.3, -0.25) is 33.5 Å². The van der Waals surface area contributed by atoms with Crippen molar-refractivity contribution in [2.75, 3.05) is 35.0 Å². The predicted octanol–water partition coefficient (Wildman–Crippen LogP) is -0.909. The Bertz CT molecular complexity index is 1550. The van der Waals surface area contributed by atoms with Crippen LogP contribution in [0.2, 0.25) is 0 Å². The number of carbonyl (C=O) groups excluding carboxylic acids is 1. The number of aryl methyl sites for hydroxylation is 2. The van der Waals surface area contributed by atoms with Crippen LogP contribution in [0.3, 0.4) is 0 Å². The fourth-order valence-electron chi connectivity index (χ4n) is 6.03. The standard InChI is InChI=1S/C28H41N5O11/c1-13-10-32(27(37)30-23(13)35)25-20(40-5)16(18(44-25)12-39-4)9-19(34)29-15(3)8-17-21(41-6)22(42-7)26(43-17)33-11-14(2)24(36)31-28(33)38/h10-11,15-18,20-22,25-26H,8-9,12H2,1-7H3,(H,29,34)(H,30,35,37)(H,31,36,38)/t15-,16+,17+,18+,20+,21+,22+,25+,26+/m0/s1. The predicted molar refractivity (Wildman–Crippen MR) is 155 cm³/mol. The van der Waals surface area contributed by atoms with Crippen LogP contribution in [-0.4, -0.2) is 96.6 Å². The second kappa shape index (κ2) is 14.1. The Balaban J connectivity index is 1.47. The lowest BCUT2D eigenvalue weighted by molar-refractivity contribution is -0.124. The van der Waals surface area contributed by atoms with Crippen LogP contribution in [0.1, 0.15) is 43.3 Å². The number of methoxy groups -OCH3 is 4. The first kappa shape index (κ1) is 33.5. The lowest BCUT2D eigenvalue weighted by Crippen LogP contribution is -2.43. The average Bonchev–Trinajstić information content (AvgIpc) is 3.49. The van der Waals surface area contributed by atoms with E-state index in [2.05, 4.69) is 15.3 Å². The molecule has 0 bridgehead atoms. The van der Waals surface area contributed by atoms with Crippen molar-refractivity contribution in [2.45, 2.75) is 82.6 Å². The Kier molecular flexibility index (Phi) is 10.8. The van der Waals surface area contributed by atoms with Crippen molar-refractivity contribution in [3.63, 3.8) is 0 Å². The normalized spacial score (nSPS) is 29.2. The van der Waals surface area contributed by atoms with Gasteiger partial charge in [0.2, 0.25) is 5.91 Å². The van der Waals surface area contributed by atoms with E-state index in [9.17, 15) is 24.0 Å². The molecule has 4 rings (SSSR count). The summed E-state index contributed by atoms with van der Waals surface area (Å²) in [6, 6.07) is -0.389. The first-order valence-electron chi connectivity index (χ1n) is 14.3. The molecule has 44 heavy (non-hydrogen) atoms. The van der Waals surface area contributed by atoms with E-state index in [0.717, 1.165) is 0 Å². The lowest BCUT2D eigenvalue weighted by Gasteiger charge is -2.25. The molecule has 0 aliphatic carbocycles. The summed E-state index contributed by atoms with van der Waals surface area (Å²) >= 11 is 0. The molecule has 0 unspecified atom stereocenters. The third-order valence-electron chi connectivity index (χ3n) is 8.18. The minimum absolute atomic E-state index is 0.000933. The topological polar surface area (TPSA) is 194 Å². The maximum atomic E-state index is 13.3. The minimum Gasteiger partial charge on any atom is -0.382 e. The number of nitrogens with one attached hydrogen (secondary N) is 3. The first-order valence-corrected chi connectivity index (χ1v) is 14.3. The van der Waals surface area contributed by atoms with E-state index < -0.39 is 71.4 Å². The van der Waals surface area contributed by atoms with E-state index in [-0.39, 0.29) is 25.0 Å². The van der Waals surface area contributed by atoms with E-state index in [1.54, 1.807) is 13.8 Å². The highest BCUT2D eigenvalue weighted by Gasteiger charge is 2.49. The molecule has 0 saturated carbocycles. The minimum atomic E-state index is -0.893. The van der Waals surface area contributed by atoms with E-state index in [1.807, 2.05) is 6.92 Å². The van der Waals surface area contributed by atoms with Crippen LogP contribution in [0.15, 0.2) is 31.6 Å². The van der Waals surface area contributed by atoms with Crippen LogP contribution in [0.4, 0.5) is 0 Å². The van der Waals surface area contributed by atoms with Crippen LogP contribution < -0.4 is 27.8 Å². The smallest absolute Gasteiger partial charge is 0.330 e. The van der Waals surface area contributed by atoms with Crippen LogP contribution in [0.5, 0.6) is 0 Å². The molecule has 1 amide bonds. The number of ether oxygens (including phenoxy) is 6. The maximum Gasteiger partial charge on any atom is 0.330 e. The molecule has 16 heteroatoms. The molecule has 244 valence electrons. The van der Waals surface area contributed by atoms with Crippen molar-refractivity contribution in [3.05, 3.63) is 65.2 Å². The van der Waals surface area contributed by atoms with Crippen molar-refractivity contribution in [2.24, 2.45) is 5.92 Å². The zero-order valence-electron chi connectivity index (χ0n) is 25.9. The van der Waals surface area contributed by atoms with E-state index in [4.69, 9.17) is 28.4 Å². The van der Waals surface area contributed by atoms with Crippen molar-refractivity contribution in [3.8, 4) is 0 Å². The molecule has 2 aliphatic heterocycles. The number of nitrogens with zero attached hydrogens (tertiary/aromatic N) is 2. The number of hydrogen-bond acceptors (Lipinski definition) is 11. The van der Waals surface area contributed by atoms with Gasteiger partial charge in [0, 0.05) is 70.3 Å². The molecular weight excluding hydrogens is 582 g/mol. The molecule has 2 aliphatic rings. The van der Waals surface area contributed by atoms with Gasteiger partial charge in [0.15, 0.2) is 12.5 Å². The Labute approximate surface area is 252 Å². The van der Waals surface area contributed by atoms with Gasteiger partial charge in [0.25, 0.3) is 11.1 Å². The quantitative estimate of drug-likeness (QED) is 0.265. The number of amides is 1. The van der Waals surface area contributed by atoms with E-state index >= 15 is 0 Å². The molecule has 3 N–H and O–H groups in total. The zero-order valence-corrected chi connectivity index (χ0v) is 25.9. The highest BCUT2D eigenvalue weighted by molar-refractivity contribution is 5.76. The van der Waals surface area contributed by atoms with Gasteiger partial charge in [-0.1, -0.05) is 0 Å². The molecule has 0 radical (unpaired) electrons. The van der Waals surface area contributed by atoms with Crippen LogP contribution in [-0.2, 0) is 33.2 Å². The SMILES string of the molecule is COC[C@H]1O[C@@H](n2cc(C)c(=O)[nH]c2=O)[C@H](OC)[C@@H]1CC(=O)N[C@@H](C)C[C@H]1O[C@@H](n2cc(C)c(=O)[nH]c2=O)[C@H](OC)[C@@H]1OC. The van der Waals surface area contributed by atoms with Crippen molar-refractivity contribution < 1.29 is 33.2 Å². The largest absolute Gasteiger partial charge is 0.382 e. The summed E-state index contributed by atoms with van der Waals surface area (Å²) in [6.07, 6.45) is -1.69. The van der Waals surface area contributed by atoms with Crippen molar-refractivity contribution in [1.82, 2.24) is 24.4 Å². The van der Waals surface area contributed by atoms with Gasteiger partial charge in [-0.25, -0.2) is 9.59 Å². The Morgan fingerprint density at radius 3 is 1.84 bits per heavy atom. The van der Waals surface area contributed by atoms with Gasteiger partial charge in [-0.2, -0.15) is 0 Å². The number of aromatic amines is 2. The van der Waals surface area contributed by atoms with Gasteiger partial charge in [-0.15, -0.1) is 0 Å². The molecule has 2 aromatic heterocycles. The van der Waals surface area contributed by atoms with E-state index in [0.29, 0.717) is 17.5 Å². The summed E-state index contributed by atoms with van der Waals surface area (Å²) < 4.78 is 37.3. The van der Waals surface area contributed by atoms with Gasteiger partial charge in [0.05, 0.1) is 18.8 Å². The fraction of sp³-hybridized carbons (Fsp3) is 0.679. The van der Waals surface area contributed by atoms with Crippen LogP contribution in [0.25, 0.3) is 0 Å². The van der Waals surface area contributed by atoms with Crippen molar-refractivity contribution >= 4 is 5.91 Å². The molecule has 2 fully saturated rings. The van der Waals surface area contributed by atoms with Crippen molar-refractivity contribution in [1.29, 1.82) is 0 Å². The molecule has 0 aromatic carbocycles. The summed E-state index contributed by atoms with van der Waals surface area (Å²) in [5, 5.41) is 2.98. The molecule has 0 spiro atoms. The van der Waals surface area contributed by atoms with Gasteiger partial charge < -0.3 is 33.7 Å². The number of hydrogen-bond donors (Lipinski definition) is 3. The van der Waals surface area contributed by atoms with Crippen LogP contribution in [0, 0.1) is 19.8 Å². The Morgan fingerprint density at radius 2 is 1.34 bits per heavy atom. The molecule has 2 saturated heterocycles.